The van der Waals surface area contributed by atoms with Gasteiger partial charge in [0.2, 0.25) is 7.98 Å². The summed E-state index contributed by atoms with van der Waals surface area (Å²) in [7, 11) is 5.50. The van der Waals surface area contributed by atoms with Crippen molar-refractivity contribution in [3.63, 3.8) is 0 Å². The first kappa shape index (κ1) is 7.62. The number of hydrogen-bond acceptors (Lipinski definition) is 2. The standard InChI is InChI=1S/C8H6BNOS/c1-5-2-3-6-7(4-5)12-8(11)10(6)9/h2-4H,1H3. The summed E-state index contributed by atoms with van der Waals surface area (Å²) in [6.45, 7) is 1.99. The molecule has 12 heavy (non-hydrogen) atoms. The number of aryl methyl sites for hydroxylation is 1. The number of nitrogens with zero attached hydrogens (tertiary/aromatic N) is 1. The van der Waals surface area contributed by atoms with Gasteiger partial charge in [0, 0.05) is 5.52 Å². The van der Waals surface area contributed by atoms with E-state index in [-0.39, 0.29) is 4.87 Å². The highest BCUT2D eigenvalue weighted by atomic mass is 32.1. The molecule has 1 aromatic carbocycles. The zero-order valence-electron chi connectivity index (χ0n) is 6.57. The molecule has 0 bridgehead atoms. The van der Waals surface area contributed by atoms with E-state index in [2.05, 4.69) is 0 Å². The Morgan fingerprint density at radius 3 is 3.00 bits per heavy atom. The van der Waals surface area contributed by atoms with Crippen molar-refractivity contribution in [2.45, 2.75) is 6.92 Å². The summed E-state index contributed by atoms with van der Waals surface area (Å²) < 4.78 is 2.13. The lowest BCUT2D eigenvalue weighted by molar-refractivity contribution is 1.26. The normalized spacial score (nSPS) is 10.8. The lowest BCUT2D eigenvalue weighted by Crippen LogP contribution is -2.08. The fourth-order valence-corrected chi connectivity index (χ4v) is 2.04. The van der Waals surface area contributed by atoms with Crippen molar-refractivity contribution in [3.8, 4) is 0 Å². The molecule has 4 heteroatoms. The van der Waals surface area contributed by atoms with E-state index in [9.17, 15) is 4.79 Å². The van der Waals surface area contributed by atoms with Gasteiger partial charge < -0.3 is 4.48 Å². The first-order valence-electron chi connectivity index (χ1n) is 3.56. The van der Waals surface area contributed by atoms with E-state index < -0.39 is 0 Å². The fourth-order valence-electron chi connectivity index (χ4n) is 1.14. The van der Waals surface area contributed by atoms with Gasteiger partial charge >= 0.3 is 0 Å². The molecule has 0 atom stereocenters. The largest absolute Gasteiger partial charge is 0.356 e. The summed E-state index contributed by atoms with van der Waals surface area (Å²) >= 11 is 1.18. The molecule has 0 saturated carbocycles. The molecule has 0 aliphatic heterocycles. The topological polar surface area (TPSA) is 22.0 Å². The van der Waals surface area contributed by atoms with Gasteiger partial charge in [-0.1, -0.05) is 17.4 Å². The van der Waals surface area contributed by atoms with Gasteiger partial charge in [0.1, 0.15) is 0 Å². The second-order valence-electron chi connectivity index (χ2n) is 2.71. The van der Waals surface area contributed by atoms with Crippen LogP contribution in [0.2, 0.25) is 0 Å². The number of fused-ring (bicyclic) bond motifs is 1. The van der Waals surface area contributed by atoms with Gasteiger partial charge in [-0.3, -0.25) is 4.79 Å². The van der Waals surface area contributed by atoms with Crippen LogP contribution < -0.4 is 4.87 Å². The van der Waals surface area contributed by atoms with E-state index >= 15 is 0 Å². The van der Waals surface area contributed by atoms with Gasteiger partial charge in [-0.2, -0.15) is 0 Å². The molecule has 2 nitrogen and oxygen atoms in total. The van der Waals surface area contributed by atoms with Crippen molar-refractivity contribution in [3.05, 3.63) is 33.4 Å². The van der Waals surface area contributed by atoms with Crippen molar-refractivity contribution in [1.29, 1.82) is 0 Å². The quantitative estimate of drug-likeness (QED) is 0.553. The Morgan fingerprint density at radius 2 is 2.25 bits per heavy atom. The van der Waals surface area contributed by atoms with Crippen LogP contribution in [0.4, 0.5) is 0 Å². The highest BCUT2D eigenvalue weighted by Gasteiger charge is 2.01. The summed E-state index contributed by atoms with van der Waals surface area (Å²) in [5, 5.41) is 0. The summed E-state index contributed by atoms with van der Waals surface area (Å²) in [6.07, 6.45) is 0. The predicted octanol–water partition coefficient (Wildman–Crippen LogP) is 1.30. The smallest absolute Gasteiger partial charge is 0.294 e. The number of benzene rings is 1. The predicted molar refractivity (Wildman–Crippen MR) is 52.0 cm³/mol. The first-order valence-corrected chi connectivity index (χ1v) is 4.37. The van der Waals surface area contributed by atoms with Crippen LogP contribution in [-0.4, -0.2) is 12.5 Å². The van der Waals surface area contributed by atoms with Crippen molar-refractivity contribution >= 4 is 29.5 Å². The molecular formula is C8H6BNOS. The third kappa shape index (κ3) is 0.993. The maximum absolute atomic E-state index is 11.1. The Labute approximate surface area is 74.9 Å². The minimum Gasteiger partial charge on any atom is -0.356 e. The summed E-state index contributed by atoms with van der Waals surface area (Å²) in [6, 6.07) is 5.77. The van der Waals surface area contributed by atoms with Crippen LogP contribution in [0.25, 0.3) is 10.2 Å². The molecular weight excluding hydrogens is 169 g/mol. The molecule has 2 aromatic rings. The van der Waals surface area contributed by atoms with Gasteiger partial charge in [-0.15, -0.1) is 0 Å². The maximum Gasteiger partial charge on any atom is 0.294 e. The molecule has 0 fully saturated rings. The van der Waals surface area contributed by atoms with E-state index in [1.54, 1.807) is 0 Å². The number of thiazole rings is 1. The molecule has 0 aliphatic rings. The molecule has 0 unspecified atom stereocenters. The molecule has 2 radical (unpaired) electrons. The second-order valence-corrected chi connectivity index (χ2v) is 3.70. The average Bonchev–Trinajstić information content (AvgIpc) is 2.28. The Morgan fingerprint density at radius 1 is 1.50 bits per heavy atom. The number of aromatic nitrogens is 1. The van der Waals surface area contributed by atoms with Gasteiger partial charge in [0.15, 0.2) is 0 Å². The maximum atomic E-state index is 11.1. The van der Waals surface area contributed by atoms with E-state index in [1.807, 2.05) is 25.1 Å². The Bertz CT molecular complexity index is 485. The molecule has 0 amide bonds. The Balaban J connectivity index is 2.96. The van der Waals surface area contributed by atoms with Crippen molar-refractivity contribution in [2.75, 3.05) is 0 Å². The van der Waals surface area contributed by atoms with Gasteiger partial charge in [-0.25, -0.2) is 0 Å². The average molecular weight is 175 g/mol. The highest BCUT2D eigenvalue weighted by molar-refractivity contribution is 7.16. The molecule has 1 heterocycles. The zero-order valence-corrected chi connectivity index (χ0v) is 7.39. The summed E-state index contributed by atoms with van der Waals surface area (Å²) in [4.78, 5) is 11.0. The molecule has 2 rings (SSSR count). The van der Waals surface area contributed by atoms with Crippen LogP contribution in [0.15, 0.2) is 23.0 Å². The zero-order chi connectivity index (χ0) is 8.72. The molecule has 0 aliphatic carbocycles. The second kappa shape index (κ2) is 2.49. The van der Waals surface area contributed by atoms with E-state index in [4.69, 9.17) is 7.98 Å². The molecule has 0 N–H and O–H groups in total. The van der Waals surface area contributed by atoms with Crippen LogP contribution in [0.5, 0.6) is 0 Å². The molecule has 58 valence electrons. The first-order chi connectivity index (χ1) is 5.68. The lowest BCUT2D eigenvalue weighted by Gasteiger charge is -1.94. The van der Waals surface area contributed by atoms with Crippen molar-refractivity contribution in [2.24, 2.45) is 0 Å². The van der Waals surface area contributed by atoms with Gasteiger partial charge in [0.25, 0.3) is 4.87 Å². The molecule has 0 saturated heterocycles. The van der Waals surface area contributed by atoms with E-state index in [0.29, 0.717) is 0 Å². The van der Waals surface area contributed by atoms with Crippen LogP contribution in [0.3, 0.4) is 0 Å². The van der Waals surface area contributed by atoms with Crippen LogP contribution in [-0.2, 0) is 0 Å². The van der Waals surface area contributed by atoms with Crippen molar-refractivity contribution in [1.82, 2.24) is 4.48 Å². The van der Waals surface area contributed by atoms with Crippen LogP contribution in [0, 0.1) is 6.92 Å². The third-order valence-corrected chi connectivity index (χ3v) is 2.69. The fraction of sp³-hybridized carbons (Fsp3) is 0.125. The van der Waals surface area contributed by atoms with E-state index in [1.165, 1.54) is 15.8 Å². The van der Waals surface area contributed by atoms with Gasteiger partial charge in [-0.05, 0) is 24.6 Å². The Kier molecular flexibility index (Phi) is 1.58. The third-order valence-electron chi connectivity index (χ3n) is 1.77. The summed E-state index contributed by atoms with van der Waals surface area (Å²) in [5.41, 5.74) is 1.94. The van der Waals surface area contributed by atoms with Crippen LogP contribution in [0.1, 0.15) is 5.56 Å². The number of rotatable bonds is 0. The SMILES string of the molecule is [B]n1c(=O)sc2cc(C)ccc21. The lowest BCUT2D eigenvalue weighted by atomic mass is 10.2. The van der Waals surface area contributed by atoms with Crippen LogP contribution >= 0.6 is 11.3 Å². The monoisotopic (exact) mass is 175 g/mol. The van der Waals surface area contributed by atoms with Crippen molar-refractivity contribution < 1.29 is 0 Å². The minimum absolute atomic E-state index is 0.115. The highest BCUT2D eigenvalue weighted by Crippen LogP contribution is 2.16. The summed E-state index contributed by atoms with van der Waals surface area (Å²) in [5.74, 6) is 0. The van der Waals surface area contributed by atoms with Gasteiger partial charge in [0.05, 0.1) is 4.70 Å². The minimum atomic E-state index is -0.115. The Hall–Kier alpha value is -1.03. The molecule has 0 spiro atoms. The molecule has 1 aromatic heterocycles. The van der Waals surface area contributed by atoms with E-state index in [0.717, 1.165) is 15.8 Å². The number of hydrogen-bond donors (Lipinski definition) is 0.